The zero-order valence-electron chi connectivity index (χ0n) is 22.4. The van der Waals surface area contributed by atoms with Gasteiger partial charge in [-0.25, -0.2) is 12.8 Å². The average molecular weight is 581 g/mol. The molecule has 0 bridgehead atoms. The Bertz CT molecular complexity index is 1530. The maximum Gasteiger partial charge on any atom is 0.264 e. The molecule has 40 heavy (non-hydrogen) atoms. The van der Waals surface area contributed by atoms with Crippen molar-refractivity contribution in [3.63, 3.8) is 0 Å². The number of para-hydroxylation sites is 1. The highest BCUT2D eigenvalue weighted by Crippen LogP contribution is 2.55. The molecule has 9 heteroatoms. The number of ether oxygens (including phenoxy) is 1. The number of hydrogen-bond donors (Lipinski definition) is 1. The molecule has 3 unspecified atom stereocenters. The van der Waals surface area contributed by atoms with Crippen molar-refractivity contribution in [3.05, 3.63) is 89.2 Å². The number of rotatable bonds is 6. The second-order valence-electron chi connectivity index (χ2n) is 10.9. The van der Waals surface area contributed by atoms with Crippen LogP contribution < -0.4 is 14.4 Å². The summed E-state index contributed by atoms with van der Waals surface area (Å²) < 4.78 is 49.0. The lowest BCUT2D eigenvalue weighted by Gasteiger charge is -2.42. The van der Waals surface area contributed by atoms with Crippen LogP contribution in [0.15, 0.2) is 71.6 Å². The van der Waals surface area contributed by atoms with Gasteiger partial charge in [-0.3, -0.25) is 9.10 Å². The highest BCUT2D eigenvalue weighted by Gasteiger charge is 2.51. The number of thioether (sulfide) groups is 1. The van der Waals surface area contributed by atoms with Gasteiger partial charge in [0.2, 0.25) is 0 Å². The topological polar surface area (TPSA) is 75.7 Å². The number of anilines is 1. The molecular formula is C31H33FN2O4S2. The minimum absolute atomic E-state index is 0.0572. The van der Waals surface area contributed by atoms with Gasteiger partial charge in [0.15, 0.2) is 0 Å². The first kappa shape index (κ1) is 27.1. The lowest BCUT2D eigenvalue weighted by Crippen LogP contribution is -2.43. The van der Waals surface area contributed by atoms with Gasteiger partial charge in [0.05, 0.1) is 17.2 Å². The number of sulfonamides is 1. The molecule has 1 saturated heterocycles. The minimum Gasteiger partial charge on any atom is -0.493 e. The zero-order chi connectivity index (χ0) is 27.9. The van der Waals surface area contributed by atoms with E-state index in [1.54, 1.807) is 12.1 Å². The van der Waals surface area contributed by atoms with Gasteiger partial charge in [-0.15, -0.1) is 0 Å². The third-order valence-electron chi connectivity index (χ3n) is 8.44. The maximum absolute atomic E-state index is 13.9. The second-order valence-corrected chi connectivity index (χ2v) is 14.1. The number of amides is 1. The van der Waals surface area contributed by atoms with Crippen molar-refractivity contribution in [1.82, 2.24) is 5.32 Å². The Balaban J connectivity index is 1.41. The highest BCUT2D eigenvalue weighted by molar-refractivity contribution is 8.00. The van der Waals surface area contributed by atoms with Crippen LogP contribution in [0, 0.1) is 5.82 Å². The summed E-state index contributed by atoms with van der Waals surface area (Å²) in [5.74, 6) is 1.49. The number of carbonyl (C=O) groups is 1. The van der Waals surface area contributed by atoms with Crippen LogP contribution in [0.25, 0.3) is 0 Å². The normalized spacial score (nSPS) is 23.8. The summed E-state index contributed by atoms with van der Waals surface area (Å²) in [6, 6.07) is 18.6. The third kappa shape index (κ3) is 4.77. The van der Waals surface area contributed by atoms with Crippen molar-refractivity contribution < 1.29 is 22.3 Å². The molecule has 3 aliphatic rings. The lowest BCUT2D eigenvalue weighted by molar-refractivity contribution is 0.0953. The Morgan fingerprint density at radius 2 is 1.95 bits per heavy atom. The molecule has 0 saturated carbocycles. The number of hydrogen-bond acceptors (Lipinski definition) is 5. The van der Waals surface area contributed by atoms with Gasteiger partial charge >= 0.3 is 0 Å². The molecule has 0 radical (unpaired) electrons. The fraction of sp³-hybridized carbons (Fsp3) is 0.387. The Morgan fingerprint density at radius 1 is 1.15 bits per heavy atom. The second kappa shape index (κ2) is 10.7. The highest BCUT2D eigenvalue weighted by atomic mass is 32.2. The van der Waals surface area contributed by atoms with Crippen LogP contribution in [0.1, 0.15) is 60.0 Å². The standard InChI is InChI=1S/C31H33FN2O4S2/c1-2-15-33-30(35)21-7-12-27-26(18-21)31(20-34(27)40(36,37)23-10-8-22(32)9-11-23)14-17-39-29(19-31)25-13-16-38-28-6-4-3-5-24(25)28/h3-12,18,25,29H,2,13-17,19-20H2,1H3,(H,33,35). The number of benzene rings is 3. The van der Waals surface area contributed by atoms with Crippen LogP contribution in [-0.4, -0.2) is 45.0 Å². The molecule has 210 valence electrons. The third-order valence-corrected chi connectivity index (χ3v) is 11.6. The Hall–Kier alpha value is -3.04. The van der Waals surface area contributed by atoms with Crippen LogP contribution in [0.3, 0.4) is 0 Å². The van der Waals surface area contributed by atoms with Crippen LogP contribution in [0.2, 0.25) is 0 Å². The molecule has 3 atom stereocenters. The molecule has 3 aromatic carbocycles. The van der Waals surface area contributed by atoms with E-state index in [-0.39, 0.29) is 16.1 Å². The molecular weight excluding hydrogens is 547 g/mol. The molecule has 3 aliphatic heterocycles. The van der Waals surface area contributed by atoms with E-state index in [2.05, 4.69) is 11.4 Å². The van der Waals surface area contributed by atoms with Crippen LogP contribution in [0.5, 0.6) is 5.75 Å². The van der Waals surface area contributed by atoms with Crippen molar-refractivity contribution in [2.24, 2.45) is 0 Å². The SMILES string of the molecule is CCCNC(=O)c1ccc2c(c1)C1(CCSC(C3CCOc4ccccc43)C1)CN2S(=O)(=O)c1ccc(F)cc1. The molecule has 0 aliphatic carbocycles. The predicted octanol–water partition coefficient (Wildman–Crippen LogP) is 5.87. The average Bonchev–Trinajstić information content (AvgIpc) is 3.29. The van der Waals surface area contributed by atoms with Crippen LogP contribution in [-0.2, 0) is 15.4 Å². The minimum atomic E-state index is -3.94. The molecule has 1 spiro atoms. The number of carbonyl (C=O) groups excluding carboxylic acids is 1. The van der Waals surface area contributed by atoms with Crippen molar-refractivity contribution in [1.29, 1.82) is 0 Å². The lowest BCUT2D eigenvalue weighted by atomic mass is 9.72. The van der Waals surface area contributed by atoms with E-state index in [4.69, 9.17) is 4.74 Å². The molecule has 1 fully saturated rings. The van der Waals surface area contributed by atoms with E-state index in [9.17, 15) is 17.6 Å². The summed E-state index contributed by atoms with van der Waals surface area (Å²) in [4.78, 5) is 13.0. The van der Waals surface area contributed by atoms with Gasteiger partial charge in [0.25, 0.3) is 15.9 Å². The predicted molar refractivity (Wildman–Crippen MR) is 156 cm³/mol. The molecule has 3 aromatic rings. The summed E-state index contributed by atoms with van der Waals surface area (Å²) >= 11 is 1.95. The van der Waals surface area contributed by atoms with Gasteiger partial charge < -0.3 is 10.1 Å². The van der Waals surface area contributed by atoms with Gasteiger partial charge in [-0.2, -0.15) is 11.8 Å². The van der Waals surface area contributed by atoms with E-state index in [0.29, 0.717) is 36.9 Å². The molecule has 1 N–H and O–H groups in total. The summed E-state index contributed by atoms with van der Waals surface area (Å²) in [5, 5.41) is 3.23. The number of nitrogens with zero attached hydrogens (tertiary/aromatic N) is 1. The Kier molecular flexibility index (Phi) is 7.29. The van der Waals surface area contributed by atoms with Crippen molar-refractivity contribution in [2.45, 2.75) is 54.1 Å². The molecule has 1 amide bonds. The largest absolute Gasteiger partial charge is 0.493 e. The quantitative estimate of drug-likeness (QED) is 0.395. The van der Waals surface area contributed by atoms with Crippen molar-refractivity contribution in [3.8, 4) is 5.75 Å². The summed E-state index contributed by atoms with van der Waals surface area (Å²) in [5.41, 5.74) is 2.83. The van der Waals surface area contributed by atoms with E-state index in [1.165, 1.54) is 34.1 Å². The van der Waals surface area contributed by atoms with Gasteiger partial charge in [0, 0.05) is 35.2 Å². The van der Waals surface area contributed by atoms with Gasteiger partial charge in [-0.05, 0) is 91.1 Å². The maximum atomic E-state index is 13.9. The molecule has 6 nitrogen and oxygen atoms in total. The first-order valence-electron chi connectivity index (χ1n) is 13.9. The van der Waals surface area contributed by atoms with Crippen molar-refractivity contribution >= 4 is 33.4 Å². The van der Waals surface area contributed by atoms with E-state index in [1.807, 2.05) is 43.0 Å². The fourth-order valence-electron chi connectivity index (χ4n) is 6.41. The Labute approximate surface area is 239 Å². The van der Waals surface area contributed by atoms with Crippen molar-refractivity contribution in [2.75, 3.05) is 29.8 Å². The van der Waals surface area contributed by atoms with Gasteiger partial charge in [0.1, 0.15) is 11.6 Å². The van der Waals surface area contributed by atoms with E-state index in [0.717, 1.165) is 42.7 Å². The summed E-state index contributed by atoms with van der Waals surface area (Å²) in [6.45, 7) is 3.54. The van der Waals surface area contributed by atoms with E-state index < -0.39 is 21.3 Å². The zero-order valence-corrected chi connectivity index (χ0v) is 24.1. The first-order valence-corrected chi connectivity index (χ1v) is 16.4. The number of halogens is 1. The molecule has 0 aromatic heterocycles. The van der Waals surface area contributed by atoms with Gasteiger partial charge in [-0.1, -0.05) is 25.1 Å². The van der Waals surface area contributed by atoms with E-state index >= 15 is 0 Å². The first-order chi connectivity index (χ1) is 19.3. The number of nitrogens with one attached hydrogen (secondary N) is 1. The molecule has 3 heterocycles. The monoisotopic (exact) mass is 580 g/mol. The summed E-state index contributed by atoms with van der Waals surface area (Å²) in [6.07, 6.45) is 3.34. The number of fused-ring (bicyclic) bond motifs is 3. The van der Waals surface area contributed by atoms with Crippen LogP contribution >= 0.6 is 11.8 Å². The summed E-state index contributed by atoms with van der Waals surface area (Å²) in [7, 11) is -3.94. The Morgan fingerprint density at radius 3 is 2.75 bits per heavy atom. The fourth-order valence-corrected chi connectivity index (χ4v) is 9.74. The van der Waals surface area contributed by atoms with Crippen LogP contribution in [0.4, 0.5) is 10.1 Å². The molecule has 6 rings (SSSR count). The smallest absolute Gasteiger partial charge is 0.264 e.